The van der Waals surface area contributed by atoms with Gasteiger partial charge in [-0.1, -0.05) is 35.3 Å². The van der Waals surface area contributed by atoms with Gasteiger partial charge < -0.3 is 10.2 Å². The van der Waals surface area contributed by atoms with E-state index in [1.165, 1.54) is 0 Å². The van der Waals surface area contributed by atoms with E-state index in [1.807, 2.05) is 44.4 Å². The molecule has 1 unspecified atom stereocenters. The van der Waals surface area contributed by atoms with Crippen LogP contribution < -0.4 is 10.2 Å². The Kier molecular flexibility index (Phi) is 5.45. The summed E-state index contributed by atoms with van der Waals surface area (Å²) in [7, 11) is 3.90. The van der Waals surface area contributed by atoms with E-state index in [1.54, 1.807) is 0 Å². The maximum Gasteiger partial charge on any atom is 0.129 e. The molecule has 0 amide bonds. The fraction of sp³-hybridized carbons (Fsp3) is 0.312. The molecule has 0 radical (unpaired) electrons. The molecule has 1 aromatic carbocycles. The lowest BCUT2D eigenvalue weighted by atomic mass is 10.1. The van der Waals surface area contributed by atoms with Crippen molar-refractivity contribution in [1.29, 1.82) is 0 Å². The minimum atomic E-state index is 0.166. The fourth-order valence-corrected chi connectivity index (χ4v) is 2.52. The topological polar surface area (TPSA) is 28.2 Å². The van der Waals surface area contributed by atoms with E-state index in [9.17, 15) is 0 Å². The van der Waals surface area contributed by atoms with E-state index in [-0.39, 0.29) is 6.04 Å². The highest BCUT2D eigenvalue weighted by Crippen LogP contribution is 2.27. The van der Waals surface area contributed by atoms with Gasteiger partial charge in [0.1, 0.15) is 5.82 Å². The van der Waals surface area contributed by atoms with Crippen molar-refractivity contribution in [3.63, 3.8) is 0 Å². The average molecular weight is 324 g/mol. The number of anilines is 1. The first kappa shape index (κ1) is 16.1. The van der Waals surface area contributed by atoms with Gasteiger partial charge in [0.05, 0.1) is 16.8 Å². The first-order valence-electron chi connectivity index (χ1n) is 6.81. The zero-order valence-electron chi connectivity index (χ0n) is 12.4. The number of pyridine rings is 1. The second kappa shape index (κ2) is 7.12. The van der Waals surface area contributed by atoms with Crippen molar-refractivity contribution in [2.24, 2.45) is 0 Å². The number of nitrogens with zero attached hydrogens (tertiary/aromatic N) is 2. The molecular weight excluding hydrogens is 305 g/mol. The maximum absolute atomic E-state index is 6.16. The van der Waals surface area contributed by atoms with Crippen molar-refractivity contribution < 1.29 is 0 Å². The van der Waals surface area contributed by atoms with E-state index in [2.05, 4.69) is 28.2 Å². The van der Waals surface area contributed by atoms with Crippen LogP contribution in [0, 0.1) is 0 Å². The minimum Gasteiger partial charge on any atom is -0.353 e. The van der Waals surface area contributed by atoms with Gasteiger partial charge in [0.2, 0.25) is 0 Å². The van der Waals surface area contributed by atoms with Crippen LogP contribution in [0.1, 0.15) is 24.2 Å². The van der Waals surface area contributed by atoms with Crippen LogP contribution in [0.3, 0.4) is 0 Å². The Bertz CT molecular complexity index is 616. The minimum absolute atomic E-state index is 0.166. The third-order valence-electron chi connectivity index (χ3n) is 3.52. The first-order valence-corrected chi connectivity index (χ1v) is 7.57. The van der Waals surface area contributed by atoms with Crippen LogP contribution in [-0.4, -0.2) is 19.1 Å². The van der Waals surface area contributed by atoms with E-state index in [4.69, 9.17) is 23.2 Å². The Morgan fingerprint density at radius 1 is 1.24 bits per heavy atom. The molecule has 2 aromatic rings. The number of nitrogens with one attached hydrogen (secondary N) is 1. The number of rotatable bonds is 5. The summed E-state index contributed by atoms with van der Waals surface area (Å²) < 4.78 is 0. The van der Waals surface area contributed by atoms with Crippen LogP contribution in [-0.2, 0) is 6.54 Å². The molecule has 0 spiro atoms. The van der Waals surface area contributed by atoms with Crippen LogP contribution in [0.5, 0.6) is 0 Å². The molecule has 3 nitrogen and oxygen atoms in total. The molecular formula is C16H19Cl2N3. The van der Waals surface area contributed by atoms with Gasteiger partial charge in [-0.15, -0.1) is 0 Å². The standard InChI is InChI=1S/C16H19Cl2N3/c1-11(12-5-4-6-13(17)9-12)21(3)16-8-7-14(18)15(20-16)10-19-2/h4-9,11,19H,10H2,1-3H3. The molecule has 21 heavy (non-hydrogen) atoms. The number of hydrogen-bond acceptors (Lipinski definition) is 3. The van der Waals surface area contributed by atoms with Crippen molar-refractivity contribution in [2.45, 2.75) is 19.5 Å². The number of aromatic nitrogens is 1. The first-order chi connectivity index (χ1) is 10.0. The predicted octanol–water partition coefficient (Wildman–Crippen LogP) is 4.31. The van der Waals surface area contributed by atoms with Crippen LogP contribution in [0.4, 0.5) is 5.82 Å². The lowest BCUT2D eigenvalue weighted by molar-refractivity contribution is 0.719. The Balaban J connectivity index is 2.26. The van der Waals surface area contributed by atoms with Crippen LogP contribution in [0.25, 0.3) is 0 Å². The number of benzene rings is 1. The molecule has 0 bridgehead atoms. The predicted molar refractivity (Wildman–Crippen MR) is 90.3 cm³/mol. The highest BCUT2D eigenvalue weighted by Gasteiger charge is 2.15. The molecule has 0 aliphatic carbocycles. The average Bonchev–Trinajstić information content (AvgIpc) is 2.48. The van der Waals surface area contributed by atoms with Crippen molar-refractivity contribution >= 4 is 29.0 Å². The normalized spacial score (nSPS) is 12.2. The van der Waals surface area contributed by atoms with Crippen LogP contribution >= 0.6 is 23.2 Å². The van der Waals surface area contributed by atoms with Gasteiger partial charge in [0.15, 0.2) is 0 Å². The molecule has 0 aliphatic heterocycles. The summed E-state index contributed by atoms with van der Waals surface area (Å²) >= 11 is 12.2. The third kappa shape index (κ3) is 3.88. The highest BCUT2D eigenvalue weighted by atomic mass is 35.5. The molecule has 2 rings (SSSR count). The van der Waals surface area contributed by atoms with Crippen LogP contribution in [0.2, 0.25) is 10.0 Å². The summed E-state index contributed by atoms with van der Waals surface area (Å²) in [6, 6.07) is 11.9. The summed E-state index contributed by atoms with van der Waals surface area (Å²) in [5.74, 6) is 0.886. The molecule has 112 valence electrons. The number of hydrogen-bond donors (Lipinski definition) is 1. The fourth-order valence-electron chi connectivity index (χ4n) is 2.15. The molecule has 1 aromatic heterocycles. The van der Waals surface area contributed by atoms with Gasteiger partial charge in [-0.3, -0.25) is 0 Å². The van der Waals surface area contributed by atoms with Gasteiger partial charge >= 0.3 is 0 Å². The van der Waals surface area contributed by atoms with Crippen molar-refractivity contribution in [1.82, 2.24) is 10.3 Å². The molecule has 0 aliphatic rings. The second-order valence-electron chi connectivity index (χ2n) is 4.97. The zero-order valence-corrected chi connectivity index (χ0v) is 13.9. The van der Waals surface area contributed by atoms with E-state index in [0.29, 0.717) is 11.6 Å². The monoisotopic (exact) mass is 323 g/mol. The van der Waals surface area contributed by atoms with Crippen molar-refractivity contribution in [3.05, 3.63) is 57.7 Å². The summed E-state index contributed by atoms with van der Waals surface area (Å²) in [5.41, 5.74) is 2.00. The van der Waals surface area contributed by atoms with Gasteiger partial charge in [0.25, 0.3) is 0 Å². The highest BCUT2D eigenvalue weighted by molar-refractivity contribution is 6.31. The van der Waals surface area contributed by atoms with Gasteiger partial charge in [0, 0.05) is 18.6 Å². The largest absolute Gasteiger partial charge is 0.353 e. The Morgan fingerprint density at radius 3 is 2.67 bits per heavy atom. The van der Waals surface area contributed by atoms with Gasteiger partial charge in [-0.05, 0) is 43.8 Å². The Hall–Kier alpha value is -1.29. The summed E-state index contributed by atoms with van der Waals surface area (Å²) in [4.78, 5) is 6.74. The maximum atomic E-state index is 6.16. The molecule has 1 heterocycles. The van der Waals surface area contributed by atoms with Gasteiger partial charge in [-0.25, -0.2) is 4.98 Å². The van der Waals surface area contributed by atoms with E-state index in [0.717, 1.165) is 22.1 Å². The quantitative estimate of drug-likeness (QED) is 0.888. The van der Waals surface area contributed by atoms with Crippen molar-refractivity contribution in [3.8, 4) is 0 Å². The van der Waals surface area contributed by atoms with Crippen LogP contribution in [0.15, 0.2) is 36.4 Å². The summed E-state index contributed by atoms with van der Waals surface area (Å²) in [5, 5.41) is 4.50. The molecule has 1 N–H and O–H groups in total. The van der Waals surface area contributed by atoms with Gasteiger partial charge in [-0.2, -0.15) is 0 Å². The lowest BCUT2D eigenvalue weighted by Gasteiger charge is -2.27. The van der Waals surface area contributed by atoms with E-state index < -0.39 is 0 Å². The third-order valence-corrected chi connectivity index (χ3v) is 4.10. The Morgan fingerprint density at radius 2 is 2.00 bits per heavy atom. The smallest absolute Gasteiger partial charge is 0.129 e. The lowest BCUT2D eigenvalue weighted by Crippen LogP contribution is -2.23. The molecule has 0 saturated carbocycles. The Labute approximate surface area is 135 Å². The zero-order chi connectivity index (χ0) is 15.4. The summed E-state index contributed by atoms with van der Waals surface area (Å²) in [6.45, 7) is 2.77. The molecule has 1 atom stereocenters. The summed E-state index contributed by atoms with van der Waals surface area (Å²) in [6.07, 6.45) is 0. The van der Waals surface area contributed by atoms with E-state index >= 15 is 0 Å². The molecule has 0 fully saturated rings. The number of halogens is 2. The molecule has 0 saturated heterocycles. The second-order valence-corrected chi connectivity index (χ2v) is 5.81. The van der Waals surface area contributed by atoms with Crippen molar-refractivity contribution in [2.75, 3.05) is 19.0 Å². The SMILES string of the molecule is CNCc1nc(N(C)C(C)c2cccc(Cl)c2)ccc1Cl. The molecule has 5 heteroatoms.